The Labute approximate surface area is 207 Å². The molecule has 0 saturated carbocycles. The maximum Gasteiger partial charge on any atom is 0.352 e. The molecule has 1 heterocycles. The lowest BCUT2D eigenvalue weighted by molar-refractivity contribution is 0.0682. The quantitative estimate of drug-likeness (QED) is 0.215. The maximum atomic E-state index is 12.1. The van der Waals surface area contributed by atoms with E-state index in [0.29, 0.717) is 19.4 Å². The fourth-order valence-electron chi connectivity index (χ4n) is 4.79. The number of H-pyrrole nitrogens is 1. The molecule has 0 aliphatic carbocycles. The number of benzene rings is 4. The van der Waals surface area contributed by atoms with Crippen molar-refractivity contribution in [3.05, 3.63) is 101 Å². The molecule has 180 valence electrons. The molecule has 1 aromatic heterocycles. The fourth-order valence-corrected chi connectivity index (χ4v) is 4.79. The van der Waals surface area contributed by atoms with E-state index >= 15 is 0 Å². The van der Waals surface area contributed by atoms with Gasteiger partial charge in [-0.05, 0) is 60.0 Å². The first kappa shape index (κ1) is 23.2. The van der Waals surface area contributed by atoms with Crippen molar-refractivity contribution in [2.45, 2.75) is 19.8 Å². The molecular weight excluding hydrogens is 454 g/mol. The second-order valence-electron chi connectivity index (χ2n) is 8.78. The van der Waals surface area contributed by atoms with Crippen molar-refractivity contribution < 1.29 is 24.5 Å². The molecule has 36 heavy (non-hydrogen) atoms. The van der Waals surface area contributed by atoms with Gasteiger partial charge in [0.15, 0.2) is 0 Å². The number of hydrogen-bond donors (Lipinski definition) is 3. The number of aryl methyl sites for hydroxylation is 2. The SMILES string of the molecule is Cc1cc(C(=O)O)ccc1-c1cccc2c(CCCOc3cccc4ccccc34)c(C(=O)O)[nH]c12. The smallest absolute Gasteiger partial charge is 0.352 e. The van der Waals surface area contributed by atoms with E-state index in [1.165, 1.54) is 0 Å². The number of carbonyl (C=O) groups is 2. The highest BCUT2D eigenvalue weighted by atomic mass is 16.5. The van der Waals surface area contributed by atoms with E-state index < -0.39 is 11.9 Å². The largest absolute Gasteiger partial charge is 0.493 e. The van der Waals surface area contributed by atoms with Crippen LogP contribution in [0.4, 0.5) is 0 Å². The molecular formula is C30H25NO5. The van der Waals surface area contributed by atoms with Crippen LogP contribution in [-0.2, 0) is 6.42 Å². The molecule has 0 bridgehead atoms. The van der Waals surface area contributed by atoms with Crippen LogP contribution in [0.15, 0.2) is 78.9 Å². The van der Waals surface area contributed by atoms with Crippen molar-refractivity contribution >= 4 is 33.6 Å². The van der Waals surface area contributed by atoms with Gasteiger partial charge in [-0.15, -0.1) is 0 Å². The Morgan fingerprint density at radius 3 is 2.36 bits per heavy atom. The summed E-state index contributed by atoms with van der Waals surface area (Å²) >= 11 is 0. The minimum Gasteiger partial charge on any atom is -0.493 e. The summed E-state index contributed by atoms with van der Waals surface area (Å²) in [5, 5.41) is 22.2. The summed E-state index contributed by atoms with van der Waals surface area (Å²) in [5.74, 6) is -1.18. The molecule has 6 nitrogen and oxygen atoms in total. The highest BCUT2D eigenvalue weighted by Crippen LogP contribution is 2.34. The Hall–Kier alpha value is -4.58. The lowest BCUT2D eigenvalue weighted by atomic mass is 9.95. The normalized spacial score (nSPS) is 11.1. The fraction of sp³-hybridized carbons (Fsp3) is 0.133. The molecule has 5 rings (SSSR count). The lowest BCUT2D eigenvalue weighted by Gasteiger charge is -2.10. The Morgan fingerprint density at radius 1 is 0.833 bits per heavy atom. The zero-order valence-electron chi connectivity index (χ0n) is 19.7. The van der Waals surface area contributed by atoms with E-state index in [9.17, 15) is 19.8 Å². The van der Waals surface area contributed by atoms with Gasteiger partial charge in [0, 0.05) is 16.3 Å². The minimum absolute atomic E-state index is 0.169. The maximum absolute atomic E-state index is 12.1. The highest BCUT2D eigenvalue weighted by Gasteiger charge is 2.20. The van der Waals surface area contributed by atoms with Crippen LogP contribution in [0.2, 0.25) is 0 Å². The molecule has 0 spiro atoms. The van der Waals surface area contributed by atoms with Gasteiger partial charge in [-0.2, -0.15) is 0 Å². The van der Waals surface area contributed by atoms with Crippen molar-refractivity contribution in [1.29, 1.82) is 0 Å². The molecule has 0 fully saturated rings. The Bertz CT molecular complexity index is 1610. The molecule has 0 unspecified atom stereocenters. The summed E-state index contributed by atoms with van der Waals surface area (Å²) in [6, 6.07) is 24.7. The summed E-state index contributed by atoms with van der Waals surface area (Å²) in [7, 11) is 0. The third kappa shape index (κ3) is 4.29. The summed E-state index contributed by atoms with van der Waals surface area (Å²) < 4.78 is 6.06. The average Bonchev–Trinajstić information content (AvgIpc) is 3.26. The van der Waals surface area contributed by atoms with Crippen molar-refractivity contribution in [3.63, 3.8) is 0 Å². The predicted octanol–water partition coefficient (Wildman–Crippen LogP) is 6.70. The molecule has 6 heteroatoms. The molecule has 5 aromatic rings. The van der Waals surface area contributed by atoms with E-state index in [-0.39, 0.29) is 11.3 Å². The van der Waals surface area contributed by atoms with Crippen LogP contribution in [0.5, 0.6) is 5.75 Å². The summed E-state index contributed by atoms with van der Waals surface area (Å²) in [6.45, 7) is 2.31. The van der Waals surface area contributed by atoms with Crippen LogP contribution in [0.3, 0.4) is 0 Å². The van der Waals surface area contributed by atoms with Gasteiger partial charge in [0.1, 0.15) is 11.4 Å². The van der Waals surface area contributed by atoms with Crippen LogP contribution in [-0.4, -0.2) is 33.7 Å². The second kappa shape index (κ2) is 9.58. The van der Waals surface area contributed by atoms with E-state index in [4.69, 9.17) is 4.74 Å². The standard InChI is InChI=1S/C30H25NO5/c1-18-17-20(29(32)33)14-15-21(18)23-10-5-11-24-25(28(30(34)35)31-27(23)24)12-6-16-36-26-13-4-8-19-7-2-3-9-22(19)26/h2-5,7-11,13-15,17,31H,6,12,16H2,1H3,(H,32,33)(H,34,35). The monoisotopic (exact) mass is 479 g/mol. The van der Waals surface area contributed by atoms with Gasteiger partial charge in [-0.3, -0.25) is 0 Å². The molecule has 0 radical (unpaired) electrons. The van der Waals surface area contributed by atoms with Crippen molar-refractivity contribution in [2.24, 2.45) is 0 Å². The number of para-hydroxylation sites is 1. The number of nitrogens with one attached hydrogen (secondary N) is 1. The third-order valence-corrected chi connectivity index (χ3v) is 6.50. The number of aromatic carboxylic acids is 2. The Balaban J connectivity index is 1.43. The number of aromatic amines is 1. The van der Waals surface area contributed by atoms with Gasteiger partial charge in [-0.25, -0.2) is 9.59 Å². The van der Waals surface area contributed by atoms with Gasteiger partial charge in [0.05, 0.1) is 17.7 Å². The zero-order valence-corrected chi connectivity index (χ0v) is 19.7. The number of fused-ring (bicyclic) bond motifs is 2. The summed E-state index contributed by atoms with van der Waals surface area (Å²) in [6.07, 6.45) is 1.18. The van der Waals surface area contributed by atoms with Gasteiger partial charge in [0.2, 0.25) is 0 Å². The molecule has 0 aliphatic heterocycles. The number of ether oxygens (including phenoxy) is 1. The molecule has 0 amide bonds. The molecule has 0 aliphatic rings. The van der Waals surface area contributed by atoms with E-state index in [2.05, 4.69) is 4.98 Å². The Morgan fingerprint density at radius 2 is 1.58 bits per heavy atom. The van der Waals surface area contributed by atoms with Crippen LogP contribution in [0, 0.1) is 6.92 Å². The Kier molecular flexibility index (Phi) is 6.17. The first-order valence-corrected chi connectivity index (χ1v) is 11.8. The van der Waals surface area contributed by atoms with Gasteiger partial charge in [0.25, 0.3) is 0 Å². The summed E-state index contributed by atoms with van der Waals surface area (Å²) in [5.41, 5.74) is 4.35. The first-order chi connectivity index (χ1) is 17.4. The topological polar surface area (TPSA) is 99.6 Å². The second-order valence-corrected chi connectivity index (χ2v) is 8.78. The van der Waals surface area contributed by atoms with Crippen molar-refractivity contribution in [2.75, 3.05) is 6.61 Å². The molecule has 0 saturated heterocycles. The van der Waals surface area contributed by atoms with Gasteiger partial charge < -0.3 is 19.9 Å². The average molecular weight is 480 g/mol. The number of carboxylic acids is 2. The predicted molar refractivity (Wildman–Crippen MR) is 140 cm³/mol. The van der Waals surface area contributed by atoms with Crippen molar-refractivity contribution in [1.82, 2.24) is 4.98 Å². The van der Waals surface area contributed by atoms with Gasteiger partial charge in [-0.1, -0.05) is 60.7 Å². The van der Waals surface area contributed by atoms with Crippen LogP contribution >= 0.6 is 0 Å². The molecule has 0 atom stereocenters. The zero-order chi connectivity index (χ0) is 25.2. The van der Waals surface area contributed by atoms with Crippen LogP contribution in [0.25, 0.3) is 32.8 Å². The number of hydrogen-bond acceptors (Lipinski definition) is 3. The highest BCUT2D eigenvalue weighted by molar-refractivity contribution is 6.03. The van der Waals surface area contributed by atoms with E-state index in [1.54, 1.807) is 18.2 Å². The third-order valence-electron chi connectivity index (χ3n) is 6.50. The van der Waals surface area contributed by atoms with Crippen LogP contribution < -0.4 is 4.74 Å². The van der Waals surface area contributed by atoms with Crippen LogP contribution in [0.1, 0.15) is 38.4 Å². The lowest BCUT2D eigenvalue weighted by Crippen LogP contribution is -2.04. The first-order valence-electron chi connectivity index (χ1n) is 11.8. The number of carboxylic acid groups (broad SMARTS) is 2. The number of aromatic nitrogens is 1. The molecule has 4 aromatic carbocycles. The van der Waals surface area contributed by atoms with Gasteiger partial charge >= 0.3 is 11.9 Å². The summed E-state index contributed by atoms with van der Waals surface area (Å²) in [4.78, 5) is 26.6. The van der Waals surface area contributed by atoms with E-state index in [0.717, 1.165) is 49.7 Å². The van der Waals surface area contributed by atoms with Crippen molar-refractivity contribution in [3.8, 4) is 16.9 Å². The minimum atomic E-state index is -1.01. The number of rotatable bonds is 8. The molecule has 3 N–H and O–H groups in total. The van der Waals surface area contributed by atoms with E-state index in [1.807, 2.05) is 67.6 Å².